The van der Waals surface area contributed by atoms with Gasteiger partial charge in [0.1, 0.15) is 0 Å². The van der Waals surface area contributed by atoms with E-state index in [0.29, 0.717) is 5.92 Å². The van der Waals surface area contributed by atoms with Crippen molar-refractivity contribution in [2.45, 2.75) is 46.0 Å². The summed E-state index contributed by atoms with van der Waals surface area (Å²) < 4.78 is 0. The predicted molar refractivity (Wildman–Crippen MR) is 154 cm³/mol. The number of aryl methyl sites for hydroxylation is 1. The van der Waals surface area contributed by atoms with E-state index in [9.17, 15) is 0 Å². The van der Waals surface area contributed by atoms with Crippen molar-refractivity contribution in [1.29, 1.82) is 0 Å². The van der Waals surface area contributed by atoms with E-state index in [1.165, 1.54) is 55.6 Å². The van der Waals surface area contributed by atoms with Crippen molar-refractivity contribution in [1.82, 2.24) is 0 Å². The summed E-state index contributed by atoms with van der Waals surface area (Å²) in [5, 5.41) is 0. The molecule has 4 aromatic rings. The van der Waals surface area contributed by atoms with Crippen LogP contribution in [-0.2, 0) is 5.41 Å². The molecule has 174 valence electrons. The van der Waals surface area contributed by atoms with Gasteiger partial charge < -0.3 is 0 Å². The molecule has 0 saturated heterocycles. The van der Waals surface area contributed by atoms with Crippen molar-refractivity contribution in [2.24, 2.45) is 0 Å². The average molecular weight is 455 g/mol. The van der Waals surface area contributed by atoms with Crippen LogP contribution in [0.5, 0.6) is 0 Å². The van der Waals surface area contributed by atoms with Crippen LogP contribution in [0.3, 0.4) is 0 Å². The molecule has 0 heterocycles. The summed E-state index contributed by atoms with van der Waals surface area (Å²) in [6.45, 7) is 11.3. The van der Waals surface area contributed by atoms with Crippen LogP contribution in [-0.4, -0.2) is 0 Å². The maximum absolute atomic E-state index is 2.37. The van der Waals surface area contributed by atoms with Crippen LogP contribution in [0.1, 0.15) is 78.1 Å². The van der Waals surface area contributed by atoms with Crippen LogP contribution in [0.2, 0.25) is 0 Å². The van der Waals surface area contributed by atoms with Gasteiger partial charge in [0.2, 0.25) is 0 Å². The van der Waals surface area contributed by atoms with Gasteiger partial charge in [0, 0.05) is 5.41 Å². The number of hydrogen-bond acceptors (Lipinski definition) is 0. The zero-order valence-electron chi connectivity index (χ0n) is 21.5. The molecule has 0 aromatic heterocycles. The summed E-state index contributed by atoms with van der Waals surface area (Å²) in [6, 6.07) is 31.4. The quantitative estimate of drug-likeness (QED) is 0.263. The zero-order valence-corrected chi connectivity index (χ0v) is 21.5. The Morgan fingerprint density at radius 3 is 1.40 bits per heavy atom. The third kappa shape index (κ3) is 4.66. The Bertz CT molecular complexity index is 1410. The minimum atomic E-state index is -0.0266. The molecule has 0 fully saturated rings. The van der Waals surface area contributed by atoms with Crippen LogP contribution < -0.4 is 0 Å². The van der Waals surface area contributed by atoms with E-state index in [1.54, 1.807) is 0 Å². The first-order valence-corrected chi connectivity index (χ1v) is 12.6. The third-order valence-electron chi connectivity index (χ3n) is 7.34. The topological polar surface area (TPSA) is 0 Å². The van der Waals surface area contributed by atoms with Crippen LogP contribution in [0.25, 0.3) is 35.4 Å². The highest BCUT2D eigenvalue weighted by atomic mass is 14.4. The molecular formula is C35H34. The fourth-order valence-electron chi connectivity index (χ4n) is 5.03. The minimum Gasteiger partial charge on any atom is -0.0587 e. The smallest absolute Gasteiger partial charge is 0.0159 e. The van der Waals surface area contributed by atoms with E-state index < -0.39 is 0 Å². The Kier molecular flexibility index (Phi) is 6.07. The highest BCUT2D eigenvalue weighted by Crippen LogP contribution is 2.49. The first-order chi connectivity index (χ1) is 16.8. The Balaban J connectivity index is 1.41. The van der Waals surface area contributed by atoms with Crippen molar-refractivity contribution >= 4 is 24.3 Å². The minimum absolute atomic E-state index is 0.0266. The summed E-state index contributed by atoms with van der Waals surface area (Å²) >= 11 is 0. The molecule has 1 aliphatic rings. The molecule has 0 bridgehead atoms. The third-order valence-corrected chi connectivity index (χ3v) is 7.34. The number of hydrogen-bond donors (Lipinski definition) is 0. The molecule has 35 heavy (non-hydrogen) atoms. The van der Waals surface area contributed by atoms with Gasteiger partial charge in [-0.15, -0.1) is 0 Å². The first-order valence-electron chi connectivity index (χ1n) is 12.6. The lowest BCUT2D eigenvalue weighted by Gasteiger charge is -2.22. The lowest BCUT2D eigenvalue weighted by molar-refractivity contribution is 0.660. The summed E-state index contributed by atoms with van der Waals surface area (Å²) in [5.41, 5.74) is 13.1. The Morgan fingerprint density at radius 1 is 0.543 bits per heavy atom. The molecule has 4 aromatic carbocycles. The SMILES string of the molecule is Cc1ccc(/C=C\c2ccc3c(c2)C(C)(C)c2cc(/C=C\c4ccc(C(C)C)cc4)ccc2-3)cc1. The van der Waals surface area contributed by atoms with E-state index in [0.717, 1.165) is 0 Å². The van der Waals surface area contributed by atoms with Crippen molar-refractivity contribution in [3.05, 3.63) is 129 Å². The van der Waals surface area contributed by atoms with Crippen molar-refractivity contribution in [3.8, 4) is 11.1 Å². The molecule has 0 atom stereocenters. The second kappa shape index (κ2) is 9.19. The monoisotopic (exact) mass is 454 g/mol. The number of rotatable bonds is 5. The molecule has 0 amide bonds. The summed E-state index contributed by atoms with van der Waals surface area (Å²) in [4.78, 5) is 0. The standard InChI is InChI=1S/C35H34/c1-24(2)30-18-14-27(15-19-30)11-13-29-17-21-32-31-20-16-28(12-10-26-8-6-25(3)7-9-26)22-33(31)35(4,5)34(32)23-29/h6-24H,1-5H3/b12-10-,13-11-. The molecule has 0 unspecified atom stereocenters. The molecule has 1 aliphatic carbocycles. The van der Waals surface area contributed by atoms with Gasteiger partial charge >= 0.3 is 0 Å². The molecule has 0 spiro atoms. The van der Waals surface area contributed by atoms with Crippen molar-refractivity contribution in [3.63, 3.8) is 0 Å². The second-order valence-corrected chi connectivity index (χ2v) is 10.6. The van der Waals surface area contributed by atoms with E-state index in [1.807, 2.05) is 0 Å². The van der Waals surface area contributed by atoms with Gasteiger partial charge in [-0.25, -0.2) is 0 Å². The predicted octanol–water partition coefficient (Wildman–Crippen LogP) is 9.77. The van der Waals surface area contributed by atoms with Gasteiger partial charge in [-0.3, -0.25) is 0 Å². The van der Waals surface area contributed by atoms with Gasteiger partial charge in [-0.05, 0) is 62.9 Å². The van der Waals surface area contributed by atoms with Crippen molar-refractivity contribution < 1.29 is 0 Å². The zero-order chi connectivity index (χ0) is 24.6. The fourth-order valence-corrected chi connectivity index (χ4v) is 5.03. The Hall–Kier alpha value is -3.64. The molecule has 0 saturated carbocycles. The van der Waals surface area contributed by atoms with Gasteiger partial charge in [0.15, 0.2) is 0 Å². The summed E-state index contributed by atoms with van der Waals surface area (Å²) in [7, 11) is 0. The van der Waals surface area contributed by atoms with E-state index in [4.69, 9.17) is 0 Å². The van der Waals surface area contributed by atoms with E-state index in [-0.39, 0.29) is 5.41 Å². The van der Waals surface area contributed by atoms with Crippen LogP contribution in [0, 0.1) is 6.92 Å². The van der Waals surface area contributed by atoms with E-state index >= 15 is 0 Å². The molecule has 0 heteroatoms. The maximum atomic E-state index is 2.37. The number of fused-ring (bicyclic) bond motifs is 3. The lowest BCUT2D eigenvalue weighted by atomic mass is 9.81. The summed E-state index contributed by atoms with van der Waals surface area (Å²) in [5.74, 6) is 0.562. The van der Waals surface area contributed by atoms with Gasteiger partial charge in [-0.2, -0.15) is 0 Å². The maximum Gasteiger partial charge on any atom is 0.0159 e. The average Bonchev–Trinajstić information content (AvgIpc) is 3.08. The molecular weight excluding hydrogens is 420 g/mol. The van der Waals surface area contributed by atoms with Crippen LogP contribution in [0.15, 0.2) is 84.9 Å². The highest BCUT2D eigenvalue weighted by Gasteiger charge is 2.35. The molecule has 0 radical (unpaired) electrons. The van der Waals surface area contributed by atoms with Crippen LogP contribution >= 0.6 is 0 Å². The number of benzene rings is 4. The molecule has 5 rings (SSSR count). The first kappa shape index (κ1) is 23.1. The summed E-state index contributed by atoms with van der Waals surface area (Å²) in [6.07, 6.45) is 8.88. The molecule has 0 aliphatic heterocycles. The van der Waals surface area contributed by atoms with Gasteiger partial charge in [0.05, 0.1) is 0 Å². The highest BCUT2D eigenvalue weighted by molar-refractivity contribution is 5.84. The Labute approximate surface area is 210 Å². The molecule has 0 nitrogen and oxygen atoms in total. The van der Waals surface area contributed by atoms with Gasteiger partial charge in [0.25, 0.3) is 0 Å². The normalized spacial score (nSPS) is 14.1. The van der Waals surface area contributed by atoms with Crippen molar-refractivity contribution in [2.75, 3.05) is 0 Å². The van der Waals surface area contributed by atoms with E-state index in [2.05, 4.69) is 144 Å². The van der Waals surface area contributed by atoms with Gasteiger partial charge in [-0.1, -0.05) is 142 Å². The molecule has 0 N–H and O–H groups in total. The second-order valence-electron chi connectivity index (χ2n) is 10.6. The Morgan fingerprint density at radius 2 is 0.943 bits per heavy atom. The fraction of sp³-hybridized carbons (Fsp3) is 0.200. The lowest BCUT2D eigenvalue weighted by Crippen LogP contribution is -2.15. The van der Waals surface area contributed by atoms with Crippen LogP contribution in [0.4, 0.5) is 0 Å². The largest absolute Gasteiger partial charge is 0.0587 e.